The van der Waals surface area contributed by atoms with Gasteiger partial charge < -0.3 is 10.1 Å². The number of nitrogens with one attached hydrogen (secondary N) is 1. The van der Waals surface area contributed by atoms with Gasteiger partial charge in [0.05, 0.1) is 27.0 Å². The van der Waals surface area contributed by atoms with Crippen LogP contribution in [0.1, 0.15) is 27.3 Å². The van der Waals surface area contributed by atoms with Crippen LogP contribution < -0.4 is 10.1 Å². The lowest BCUT2D eigenvalue weighted by molar-refractivity contribution is -0.386. The number of ether oxygens (including phenoxy) is 1. The van der Waals surface area contributed by atoms with Gasteiger partial charge in [-0.2, -0.15) is 5.10 Å². The minimum absolute atomic E-state index is 0.148. The molecule has 0 spiro atoms. The number of benzene rings is 3. The van der Waals surface area contributed by atoms with Crippen LogP contribution in [0.2, 0.25) is 5.02 Å². The highest BCUT2D eigenvalue weighted by molar-refractivity contribution is 6.31. The molecule has 0 aliphatic rings. The molecule has 1 amide bonds. The zero-order chi connectivity index (χ0) is 25.1. The van der Waals surface area contributed by atoms with E-state index in [-0.39, 0.29) is 23.8 Å². The quantitative estimate of drug-likeness (QED) is 0.250. The number of aryl methyl sites for hydroxylation is 1. The Labute approximate surface area is 205 Å². The van der Waals surface area contributed by atoms with Crippen molar-refractivity contribution in [2.75, 3.05) is 5.32 Å². The molecule has 1 N–H and O–H groups in total. The Hall–Kier alpha value is -4.24. The van der Waals surface area contributed by atoms with Crippen LogP contribution in [0.25, 0.3) is 5.69 Å². The van der Waals surface area contributed by atoms with E-state index in [4.69, 9.17) is 16.3 Å². The average Bonchev–Trinajstić information content (AvgIpc) is 3.11. The van der Waals surface area contributed by atoms with Crippen molar-refractivity contribution in [2.45, 2.75) is 20.5 Å². The fraction of sp³-hybridized carbons (Fsp3) is 0.120. The van der Waals surface area contributed by atoms with Crippen LogP contribution in [0, 0.1) is 29.8 Å². The molecule has 0 aliphatic heterocycles. The van der Waals surface area contributed by atoms with E-state index in [0.29, 0.717) is 22.0 Å². The summed E-state index contributed by atoms with van der Waals surface area (Å²) in [5, 5.41) is 18.9. The number of nitro benzene ring substituents is 1. The molecule has 0 saturated carbocycles. The van der Waals surface area contributed by atoms with Gasteiger partial charge in [-0.1, -0.05) is 17.7 Å². The van der Waals surface area contributed by atoms with Crippen molar-refractivity contribution in [3.8, 4) is 11.4 Å². The number of carbonyl (C=O) groups excluding carboxylic acids is 1. The van der Waals surface area contributed by atoms with Crippen molar-refractivity contribution in [1.82, 2.24) is 9.78 Å². The first-order valence-electron chi connectivity index (χ1n) is 10.5. The Kier molecular flexibility index (Phi) is 6.79. The largest absolute Gasteiger partial charge is 0.489 e. The standard InChI is InChI=1S/C25H20ClFN4O4/c1-15-24(26)16(2)30(29-15)19-10-8-18(9-11-19)28-25(32)17-6-12-20(13-7-17)35-14-21-22(27)4-3-5-23(21)31(33)34/h3-13H,14H2,1-2H3,(H,28,32). The molecular formula is C25H20ClFN4O4. The number of aromatic nitrogens is 2. The summed E-state index contributed by atoms with van der Waals surface area (Å²) in [5.41, 5.74) is 2.85. The fourth-order valence-electron chi connectivity index (χ4n) is 3.48. The second-order valence-electron chi connectivity index (χ2n) is 7.71. The third kappa shape index (κ3) is 5.15. The van der Waals surface area contributed by atoms with E-state index in [1.54, 1.807) is 28.9 Å². The molecule has 10 heteroatoms. The van der Waals surface area contributed by atoms with Crippen molar-refractivity contribution >= 4 is 28.9 Å². The Balaban J connectivity index is 1.40. The molecule has 0 atom stereocenters. The number of hydrogen-bond donors (Lipinski definition) is 1. The Morgan fingerprint density at radius 3 is 2.40 bits per heavy atom. The molecule has 1 aromatic heterocycles. The molecule has 4 rings (SSSR count). The third-order valence-corrected chi connectivity index (χ3v) is 5.91. The molecule has 178 valence electrons. The predicted octanol–water partition coefficient (Wildman–Crippen LogP) is 6.02. The Bertz CT molecular complexity index is 1400. The third-order valence-electron chi connectivity index (χ3n) is 5.36. The molecule has 0 unspecified atom stereocenters. The molecule has 35 heavy (non-hydrogen) atoms. The molecule has 1 heterocycles. The summed E-state index contributed by atoms with van der Waals surface area (Å²) >= 11 is 6.21. The molecule has 0 radical (unpaired) electrons. The van der Waals surface area contributed by atoms with Crippen molar-refractivity contribution in [2.24, 2.45) is 0 Å². The summed E-state index contributed by atoms with van der Waals surface area (Å²) in [7, 11) is 0. The van der Waals surface area contributed by atoms with Crippen LogP contribution in [0.5, 0.6) is 5.75 Å². The van der Waals surface area contributed by atoms with E-state index in [1.165, 1.54) is 24.3 Å². The first-order valence-corrected chi connectivity index (χ1v) is 10.9. The monoisotopic (exact) mass is 494 g/mol. The summed E-state index contributed by atoms with van der Waals surface area (Å²) in [6.45, 7) is 3.39. The van der Waals surface area contributed by atoms with Crippen LogP contribution in [0.3, 0.4) is 0 Å². The van der Waals surface area contributed by atoms with Gasteiger partial charge in [0, 0.05) is 17.3 Å². The lowest BCUT2D eigenvalue weighted by Crippen LogP contribution is -2.12. The van der Waals surface area contributed by atoms with E-state index >= 15 is 0 Å². The fourth-order valence-corrected chi connectivity index (χ4v) is 3.60. The maximum Gasteiger partial charge on any atom is 0.278 e. The van der Waals surface area contributed by atoms with Gasteiger partial charge >= 0.3 is 0 Å². The summed E-state index contributed by atoms with van der Waals surface area (Å²) in [5.74, 6) is -0.711. The predicted molar refractivity (Wildman–Crippen MR) is 130 cm³/mol. The van der Waals surface area contributed by atoms with Crippen LogP contribution >= 0.6 is 11.6 Å². The zero-order valence-electron chi connectivity index (χ0n) is 18.8. The minimum Gasteiger partial charge on any atom is -0.489 e. The number of nitro groups is 1. The van der Waals surface area contributed by atoms with Gasteiger partial charge in [0.1, 0.15) is 23.7 Å². The SMILES string of the molecule is Cc1nn(-c2ccc(NC(=O)c3ccc(OCc4c(F)cccc4[N+](=O)[O-])cc3)cc2)c(C)c1Cl. The van der Waals surface area contributed by atoms with Gasteiger partial charge in [-0.05, 0) is 68.4 Å². The Morgan fingerprint density at radius 1 is 1.11 bits per heavy atom. The maximum absolute atomic E-state index is 14.0. The van der Waals surface area contributed by atoms with Crippen LogP contribution in [0.15, 0.2) is 66.7 Å². The molecule has 8 nitrogen and oxygen atoms in total. The average molecular weight is 495 g/mol. The zero-order valence-corrected chi connectivity index (χ0v) is 19.5. The summed E-state index contributed by atoms with van der Waals surface area (Å²) in [6.07, 6.45) is 0. The van der Waals surface area contributed by atoms with E-state index in [1.807, 2.05) is 26.0 Å². The maximum atomic E-state index is 14.0. The van der Waals surface area contributed by atoms with Crippen LogP contribution in [-0.4, -0.2) is 20.6 Å². The molecule has 4 aromatic rings. The topological polar surface area (TPSA) is 99.3 Å². The molecular weight excluding hydrogens is 475 g/mol. The van der Waals surface area contributed by atoms with Gasteiger partial charge in [-0.15, -0.1) is 0 Å². The van der Waals surface area contributed by atoms with Gasteiger partial charge in [-0.3, -0.25) is 14.9 Å². The second kappa shape index (κ2) is 9.94. The highest BCUT2D eigenvalue weighted by atomic mass is 35.5. The molecule has 0 aliphatic carbocycles. The summed E-state index contributed by atoms with van der Waals surface area (Å²) in [4.78, 5) is 23.1. The molecule has 0 saturated heterocycles. The van der Waals surface area contributed by atoms with Crippen molar-refractivity contribution in [1.29, 1.82) is 0 Å². The number of amides is 1. The van der Waals surface area contributed by atoms with E-state index in [0.717, 1.165) is 23.1 Å². The molecule has 0 fully saturated rings. The van der Waals surface area contributed by atoms with E-state index < -0.39 is 10.7 Å². The van der Waals surface area contributed by atoms with Crippen molar-refractivity contribution in [3.63, 3.8) is 0 Å². The first-order chi connectivity index (χ1) is 16.7. The van der Waals surface area contributed by atoms with Crippen molar-refractivity contribution < 1.29 is 18.8 Å². The smallest absolute Gasteiger partial charge is 0.278 e. The lowest BCUT2D eigenvalue weighted by atomic mass is 10.1. The molecule has 0 bridgehead atoms. The Morgan fingerprint density at radius 2 is 1.80 bits per heavy atom. The minimum atomic E-state index is -0.720. The first kappa shape index (κ1) is 23.9. The van der Waals surface area contributed by atoms with Crippen LogP contribution in [-0.2, 0) is 6.61 Å². The van der Waals surface area contributed by atoms with Crippen LogP contribution in [0.4, 0.5) is 15.8 Å². The van der Waals surface area contributed by atoms with E-state index in [9.17, 15) is 19.3 Å². The number of halogens is 2. The summed E-state index contributed by atoms with van der Waals surface area (Å²) in [6, 6.07) is 17.0. The highest BCUT2D eigenvalue weighted by Crippen LogP contribution is 2.25. The lowest BCUT2D eigenvalue weighted by Gasteiger charge is -2.10. The second-order valence-corrected chi connectivity index (χ2v) is 8.08. The van der Waals surface area contributed by atoms with E-state index in [2.05, 4.69) is 10.4 Å². The van der Waals surface area contributed by atoms with Gasteiger partial charge in [0.2, 0.25) is 0 Å². The van der Waals surface area contributed by atoms with Crippen molar-refractivity contribution in [3.05, 3.63) is 110 Å². The van der Waals surface area contributed by atoms with Gasteiger partial charge in [0.15, 0.2) is 0 Å². The normalized spacial score (nSPS) is 10.7. The number of anilines is 1. The highest BCUT2D eigenvalue weighted by Gasteiger charge is 2.18. The number of hydrogen-bond acceptors (Lipinski definition) is 5. The number of nitrogens with zero attached hydrogens (tertiary/aromatic N) is 3. The molecule has 3 aromatic carbocycles. The number of carbonyl (C=O) groups is 1. The van der Waals surface area contributed by atoms with Gasteiger partial charge in [-0.25, -0.2) is 9.07 Å². The summed E-state index contributed by atoms with van der Waals surface area (Å²) < 4.78 is 21.2. The van der Waals surface area contributed by atoms with Gasteiger partial charge in [0.25, 0.3) is 11.6 Å². The number of rotatable bonds is 7.